The lowest BCUT2D eigenvalue weighted by Crippen LogP contribution is -2.35. The number of hydrogen-bond donors (Lipinski definition) is 1. The summed E-state index contributed by atoms with van der Waals surface area (Å²) in [5.41, 5.74) is 2.73. The van der Waals surface area contributed by atoms with Crippen molar-refractivity contribution in [3.8, 4) is 11.5 Å². The number of nitrogens with one attached hydrogen (secondary N) is 1. The number of aromatic nitrogens is 2. The van der Waals surface area contributed by atoms with E-state index in [1.54, 1.807) is 36.1 Å². The quantitative estimate of drug-likeness (QED) is 0.748. The van der Waals surface area contributed by atoms with E-state index in [2.05, 4.69) is 15.5 Å². The van der Waals surface area contributed by atoms with E-state index in [9.17, 15) is 9.59 Å². The van der Waals surface area contributed by atoms with Crippen molar-refractivity contribution < 1.29 is 14.1 Å². The summed E-state index contributed by atoms with van der Waals surface area (Å²) in [6.45, 7) is 2.47. The van der Waals surface area contributed by atoms with Gasteiger partial charge >= 0.3 is 0 Å². The third-order valence-corrected chi connectivity index (χ3v) is 4.66. The van der Waals surface area contributed by atoms with E-state index in [0.717, 1.165) is 24.1 Å². The average Bonchev–Trinajstić information content (AvgIpc) is 3.15. The molecule has 1 N–H and O–H groups in total. The summed E-state index contributed by atoms with van der Waals surface area (Å²) >= 11 is 0. The second-order valence-corrected chi connectivity index (χ2v) is 6.73. The van der Waals surface area contributed by atoms with Gasteiger partial charge in [-0.05, 0) is 62.2 Å². The summed E-state index contributed by atoms with van der Waals surface area (Å²) in [6, 6.07) is 14.3. The van der Waals surface area contributed by atoms with Crippen molar-refractivity contribution in [3.63, 3.8) is 0 Å². The Kier molecular flexibility index (Phi) is 4.89. The zero-order chi connectivity index (χ0) is 19.5. The number of piperidine rings is 1. The molecule has 1 aliphatic rings. The van der Waals surface area contributed by atoms with Crippen molar-refractivity contribution in [3.05, 3.63) is 59.9 Å². The van der Waals surface area contributed by atoms with Crippen LogP contribution in [0.5, 0.6) is 0 Å². The second-order valence-electron chi connectivity index (χ2n) is 6.73. The van der Waals surface area contributed by atoms with E-state index >= 15 is 0 Å². The number of benzene rings is 2. The second kappa shape index (κ2) is 7.64. The fourth-order valence-electron chi connectivity index (χ4n) is 3.21. The van der Waals surface area contributed by atoms with E-state index in [-0.39, 0.29) is 11.8 Å². The Morgan fingerprint density at radius 2 is 1.96 bits per heavy atom. The Balaban J connectivity index is 1.47. The van der Waals surface area contributed by atoms with Crippen molar-refractivity contribution in [2.45, 2.75) is 26.2 Å². The number of aryl methyl sites for hydroxylation is 1. The molecule has 142 valence electrons. The molecule has 28 heavy (non-hydrogen) atoms. The number of hydrogen-bond acceptors (Lipinski definition) is 5. The molecule has 2 heterocycles. The van der Waals surface area contributed by atoms with Crippen molar-refractivity contribution in [1.82, 2.24) is 10.1 Å². The summed E-state index contributed by atoms with van der Waals surface area (Å²) in [5.74, 6) is 0.879. The third-order valence-electron chi connectivity index (χ3n) is 4.66. The van der Waals surface area contributed by atoms with Gasteiger partial charge in [0.15, 0.2) is 5.82 Å². The summed E-state index contributed by atoms with van der Waals surface area (Å²) in [4.78, 5) is 30.6. The van der Waals surface area contributed by atoms with E-state index in [0.29, 0.717) is 35.9 Å². The lowest BCUT2D eigenvalue weighted by molar-refractivity contribution is -0.119. The van der Waals surface area contributed by atoms with Gasteiger partial charge in [0.2, 0.25) is 5.91 Å². The summed E-state index contributed by atoms with van der Waals surface area (Å²) in [5, 5.41) is 6.65. The molecule has 1 aromatic heterocycles. The Bertz CT molecular complexity index is 1010. The first-order valence-corrected chi connectivity index (χ1v) is 9.23. The molecule has 0 spiro atoms. The fourth-order valence-corrected chi connectivity index (χ4v) is 3.21. The molecule has 7 heteroatoms. The van der Waals surface area contributed by atoms with Crippen LogP contribution in [0.25, 0.3) is 11.5 Å². The summed E-state index contributed by atoms with van der Waals surface area (Å²) < 4.78 is 5.13. The van der Waals surface area contributed by atoms with Gasteiger partial charge in [0.25, 0.3) is 11.8 Å². The monoisotopic (exact) mass is 376 g/mol. The molecule has 3 aromatic rings. The zero-order valence-electron chi connectivity index (χ0n) is 15.5. The topological polar surface area (TPSA) is 88.3 Å². The van der Waals surface area contributed by atoms with Crippen LogP contribution >= 0.6 is 0 Å². The molecule has 0 radical (unpaired) electrons. The molecular weight excluding hydrogens is 356 g/mol. The van der Waals surface area contributed by atoms with Crippen molar-refractivity contribution >= 4 is 23.2 Å². The van der Waals surface area contributed by atoms with Crippen molar-refractivity contribution in [2.75, 3.05) is 16.8 Å². The van der Waals surface area contributed by atoms with Crippen molar-refractivity contribution in [2.24, 2.45) is 0 Å². The Labute approximate surface area is 162 Å². The summed E-state index contributed by atoms with van der Waals surface area (Å²) in [6.07, 6.45) is 2.50. The van der Waals surface area contributed by atoms with Gasteiger partial charge < -0.3 is 14.7 Å². The molecule has 2 amide bonds. The maximum atomic E-state index is 12.6. The van der Waals surface area contributed by atoms with Crippen LogP contribution in [0.3, 0.4) is 0 Å². The standard InChI is InChI=1S/C21H20N4O3/c1-14-22-21(28-24-14)16-10-8-15(9-11-16)20(27)23-17-5-4-6-18(13-17)25-12-3-2-7-19(25)26/h4-6,8-11,13H,2-3,7,12H2,1H3,(H,23,27). The number of carbonyl (C=O) groups is 2. The van der Waals surface area contributed by atoms with E-state index in [1.165, 1.54) is 0 Å². The van der Waals surface area contributed by atoms with Gasteiger partial charge in [-0.3, -0.25) is 9.59 Å². The van der Waals surface area contributed by atoms with Crippen molar-refractivity contribution in [1.29, 1.82) is 0 Å². The third kappa shape index (κ3) is 3.78. The maximum Gasteiger partial charge on any atom is 0.257 e. The summed E-state index contributed by atoms with van der Waals surface area (Å²) in [7, 11) is 0. The first-order valence-electron chi connectivity index (χ1n) is 9.23. The van der Waals surface area contributed by atoms with Gasteiger partial charge in [0.05, 0.1) is 0 Å². The van der Waals surface area contributed by atoms with E-state index < -0.39 is 0 Å². The predicted molar refractivity (Wildman–Crippen MR) is 105 cm³/mol. The molecule has 0 atom stereocenters. The van der Waals surface area contributed by atoms with Crippen LogP contribution in [-0.4, -0.2) is 28.5 Å². The van der Waals surface area contributed by atoms with Crippen LogP contribution in [0.4, 0.5) is 11.4 Å². The van der Waals surface area contributed by atoms with Crippen LogP contribution in [0.1, 0.15) is 35.4 Å². The minimum absolute atomic E-state index is 0.126. The highest BCUT2D eigenvalue weighted by Crippen LogP contribution is 2.24. The highest BCUT2D eigenvalue weighted by atomic mass is 16.5. The first kappa shape index (κ1) is 17.9. The Morgan fingerprint density at radius 1 is 1.14 bits per heavy atom. The molecule has 1 aliphatic heterocycles. The van der Waals surface area contributed by atoms with Crippen LogP contribution in [0, 0.1) is 6.92 Å². The van der Waals surface area contributed by atoms with Gasteiger partial charge in [-0.2, -0.15) is 4.98 Å². The van der Waals surface area contributed by atoms with Crippen LogP contribution < -0.4 is 10.2 Å². The SMILES string of the molecule is Cc1noc(-c2ccc(C(=O)Nc3cccc(N4CCCCC4=O)c3)cc2)n1. The lowest BCUT2D eigenvalue weighted by Gasteiger charge is -2.27. The number of carbonyl (C=O) groups excluding carboxylic acids is 2. The zero-order valence-corrected chi connectivity index (χ0v) is 15.5. The smallest absolute Gasteiger partial charge is 0.257 e. The van der Waals surface area contributed by atoms with Gasteiger partial charge in [0, 0.05) is 35.5 Å². The largest absolute Gasteiger partial charge is 0.334 e. The Morgan fingerprint density at radius 3 is 2.68 bits per heavy atom. The molecule has 0 aliphatic carbocycles. The minimum Gasteiger partial charge on any atom is -0.334 e. The highest BCUT2D eigenvalue weighted by molar-refractivity contribution is 6.05. The molecule has 0 bridgehead atoms. The molecule has 2 aromatic carbocycles. The van der Waals surface area contributed by atoms with Gasteiger partial charge in [-0.15, -0.1) is 0 Å². The normalized spacial score (nSPS) is 14.2. The fraction of sp³-hybridized carbons (Fsp3) is 0.238. The highest BCUT2D eigenvalue weighted by Gasteiger charge is 2.20. The number of rotatable bonds is 4. The van der Waals surface area contributed by atoms with Gasteiger partial charge in [0.1, 0.15) is 0 Å². The van der Waals surface area contributed by atoms with Gasteiger partial charge in [-0.25, -0.2) is 0 Å². The minimum atomic E-state index is -0.226. The molecule has 0 unspecified atom stereocenters. The van der Waals surface area contributed by atoms with Crippen LogP contribution in [0.2, 0.25) is 0 Å². The van der Waals surface area contributed by atoms with E-state index in [1.807, 2.05) is 24.3 Å². The van der Waals surface area contributed by atoms with Crippen LogP contribution in [-0.2, 0) is 4.79 Å². The molecule has 1 fully saturated rings. The average molecular weight is 376 g/mol. The lowest BCUT2D eigenvalue weighted by atomic mass is 10.1. The van der Waals surface area contributed by atoms with Crippen LogP contribution in [0.15, 0.2) is 53.1 Å². The maximum absolute atomic E-state index is 12.6. The van der Waals surface area contributed by atoms with E-state index in [4.69, 9.17) is 4.52 Å². The predicted octanol–water partition coefficient (Wildman–Crippen LogP) is 3.81. The number of nitrogens with zero attached hydrogens (tertiary/aromatic N) is 3. The first-order chi connectivity index (χ1) is 13.6. The number of anilines is 2. The molecule has 0 saturated carbocycles. The Hall–Kier alpha value is -3.48. The molecular formula is C21H20N4O3. The molecule has 7 nitrogen and oxygen atoms in total. The van der Waals surface area contributed by atoms with Gasteiger partial charge in [-0.1, -0.05) is 11.2 Å². The molecule has 1 saturated heterocycles. The number of amides is 2. The molecule has 4 rings (SSSR count).